The topological polar surface area (TPSA) is 78.5 Å². The smallest absolute Gasteiger partial charge is 0.255 e. The fourth-order valence-corrected chi connectivity index (χ4v) is 2.69. The number of likely N-dealkylation sites (N-methyl/N-ethyl adjacent to an activating group) is 1. The van der Waals surface area contributed by atoms with Gasteiger partial charge in [-0.25, -0.2) is 0 Å². The maximum absolute atomic E-state index is 12.6. The van der Waals surface area contributed by atoms with Crippen LogP contribution >= 0.6 is 0 Å². The molecule has 0 aromatic heterocycles. The predicted octanol–water partition coefficient (Wildman–Crippen LogP) is 3.29. The van der Waals surface area contributed by atoms with E-state index in [1.165, 1.54) is 11.0 Å². The molecule has 0 radical (unpaired) electrons. The van der Waals surface area contributed by atoms with Crippen LogP contribution in [0.4, 0.5) is 11.4 Å². The molecule has 1 saturated carbocycles. The molecule has 0 aliphatic heterocycles. The van der Waals surface area contributed by atoms with Crippen LogP contribution in [0.2, 0.25) is 0 Å². The molecule has 2 N–H and O–H groups in total. The maximum Gasteiger partial charge on any atom is 0.255 e. The highest BCUT2D eigenvalue weighted by Gasteiger charge is 2.24. The highest BCUT2D eigenvalue weighted by molar-refractivity contribution is 6.06. The maximum atomic E-state index is 12.6. The zero-order valence-corrected chi connectivity index (χ0v) is 16.0. The minimum atomic E-state index is -0.285. The van der Waals surface area contributed by atoms with Crippen molar-refractivity contribution < 1.29 is 14.4 Å². The Morgan fingerprint density at radius 1 is 1.04 bits per heavy atom. The second kappa shape index (κ2) is 8.08. The van der Waals surface area contributed by atoms with E-state index in [0.717, 1.165) is 18.4 Å². The average molecular weight is 377 g/mol. The lowest BCUT2D eigenvalue weighted by molar-refractivity contribution is -0.113. The Morgan fingerprint density at radius 3 is 2.29 bits per heavy atom. The minimum absolute atomic E-state index is 0.128. The summed E-state index contributed by atoms with van der Waals surface area (Å²) in [4.78, 5) is 37.9. The van der Waals surface area contributed by atoms with Crippen molar-refractivity contribution in [2.75, 3.05) is 17.3 Å². The van der Waals surface area contributed by atoms with E-state index in [0.29, 0.717) is 22.5 Å². The molecule has 6 nitrogen and oxygen atoms in total. The van der Waals surface area contributed by atoms with Gasteiger partial charge in [-0.05, 0) is 67.8 Å². The molecule has 1 aliphatic carbocycles. The molecule has 0 unspecified atom stereocenters. The number of hydrogen-bond donors (Lipinski definition) is 2. The van der Waals surface area contributed by atoms with Crippen LogP contribution in [-0.2, 0) is 4.79 Å². The van der Waals surface area contributed by atoms with Crippen molar-refractivity contribution in [3.05, 3.63) is 71.8 Å². The lowest BCUT2D eigenvalue weighted by Crippen LogP contribution is -2.25. The Kier molecular flexibility index (Phi) is 5.59. The molecule has 0 bridgehead atoms. The molecule has 2 aromatic rings. The summed E-state index contributed by atoms with van der Waals surface area (Å²) in [6.45, 7) is 5.33. The summed E-state index contributed by atoms with van der Waals surface area (Å²) in [5.41, 5.74) is 3.10. The van der Waals surface area contributed by atoms with Crippen LogP contribution in [0.25, 0.3) is 0 Å². The molecule has 0 atom stereocenters. The normalized spacial score (nSPS) is 12.8. The molecule has 3 rings (SSSR count). The molecular formula is C22H23N3O3. The number of benzene rings is 2. The van der Waals surface area contributed by atoms with Crippen molar-refractivity contribution in [3.63, 3.8) is 0 Å². The molecule has 28 heavy (non-hydrogen) atoms. The van der Waals surface area contributed by atoms with Gasteiger partial charge in [0.05, 0.1) is 0 Å². The van der Waals surface area contributed by atoms with Gasteiger partial charge in [-0.1, -0.05) is 12.6 Å². The van der Waals surface area contributed by atoms with Crippen LogP contribution in [-0.4, -0.2) is 30.8 Å². The number of carbonyl (C=O) groups is 3. The van der Waals surface area contributed by atoms with Gasteiger partial charge >= 0.3 is 0 Å². The Labute approximate surface area is 164 Å². The van der Waals surface area contributed by atoms with Gasteiger partial charge in [0.15, 0.2) is 0 Å². The number of anilines is 2. The van der Waals surface area contributed by atoms with Crippen molar-refractivity contribution in [3.8, 4) is 0 Å². The third-order valence-electron chi connectivity index (χ3n) is 4.68. The van der Waals surface area contributed by atoms with E-state index in [-0.39, 0.29) is 23.8 Å². The Hall–Kier alpha value is -3.41. The van der Waals surface area contributed by atoms with Crippen LogP contribution in [0.15, 0.2) is 55.1 Å². The summed E-state index contributed by atoms with van der Waals surface area (Å²) in [6, 6.07) is 12.2. The molecule has 0 saturated heterocycles. The zero-order chi connectivity index (χ0) is 20.3. The van der Waals surface area contributed by atoms with Crippen molar-refractivity contribution in [1.82, 2.24) is 5.32 Å². The van der Waals surface area contributed by atoms with E-state index in [4.69, 9.17) is 0 Å². The number of amides is 3. The third kappa shape index (κ3) is 4.46. The van der Waals surface area contributed by atoms with Gasteiger partial charge in [0.1, 0.15) is 0 Å². The number of hydrogen-bond acceptors (Lipinski definition) is 3. The summed E-state index contributed by atoms with van der Waals surface area (Å²) in [5.74, 6) is -0.640. The summed E-state index contributed by atoms with van der Waals surface area (Å²) in [5, 5.41) is 5.80. The second-order valence-electron chi connectivity index (χ2n) is 6.88. The van der Waals surface area contributed by atoms with Gasteiger partial charge in [0, 0.05) is 35.6 Å². The van der Waals surface area contributed by atoms with Gasteiger partial charge in [0.25, 0.3) is 11.8 Å². The zero-order valence-electron chi connectivity index (χ0n) is 16.0. The Balaban J connectivity index is 1.72. The summed E-state index contributed by atoms with van der Waals surface area (Å²) in [7, 11) is 1.64. The Morgan fingerprint density at radius 2 is 1.68 bits per heavy atom. The van der Waals surface area contributed by atoms with E-state index < -0.39 is 0 Å². The molecule has 0 heterocycles. The first-order valence-corrected chi connectivity index (χ1v) is 9.12. The van der Waals surface area contributed by atoms with Crippen molar-refractivity contribution in [1.29, 1.82) is 0 Å². The van der Waals surface area contributed by atoms with Crippen LogP contribution in [0, 0.1) is 6.92 Å². The minimum Gasteiger partial charge on any atom is -0.349 e. The summed E-state index contributed by atoms with van der Waals surface area (Å²) >= 11 is 0. The van der Waals surface area contributed by atoms with Crippen molar-refractivity contribution in [2.45, 2.75) is 25.8 Å². The van der Waals surface area contributed by atoms with Gasteiger partial charge in [-0.15, -0.1) is 0 Å². The van der Waals surface area contributed by atoms with E-state index in [1.54, 1.807) is 43.4 Å². The number of rotatable bonds is 6. The lowest BCUT2D eigenvalue weighted by atomic mass is 10.1. The molecule has 1 aliphatic rings. The average Bonchev–Trinajstić information content (AvgIpc) is 3.52. The van der Waals surface area contributed by atoms with Gasteiger partial charge in [-0.2, -0.15) is 0 Å². The first-order valence-electron chi connectivity index (χ1n) is 9.12. The molecular weight excluding hydrogens is 354 g/mol. The standard InChI is InChI=1S/C22H23N3O3/c1-4-20(26)25(3)18-11-7-15(8-12-18)21(27)24-19-13-16(6-5-14(19)2)22(28)23-17-9-10-17/h4-8,11-13,17H,1,9-10H2,2-3H3,(H,23,28)(H,24,27). The Bertz CT molecular complexity index is 931. The summed E-state index contributed by atoms with van der Waals surface area (Å²) < 4.78 is 0. The van der Waals surface area contributed by atoms with E-state index in [9.17, 15) is 14.4 Å². The van der Waals surface area contributed by atoms with Crippen LogP contribution in [0.3, 0.4) is 0 Å². The number of nitrogens with zero attached hydrogens (tertiary/aromatic N) is 1. The molecule has 0 spiro atoms. The largest absolute Gasteiger partial charge is 0.349 e. The molecule has 144 valence electrons. The number of carbonyl (C=O) groups excluding carboxylic acids is 3. The SMILES string of the molecule is C=CC(=O)N(C)c1ccc(C(=O)Nc2cc(C(=O)NC3CC3)ccc2C)cc1. The second-order valence-corrected chi connectivity index (χ2v) is 6.88. The van der Waals surface area contributed by atoms with Gasteiger partial charge < -0.3 is 15.5 Å². The van der Waals surface area contributed by atoms with Crippen molar-refractivity contribution in [2.24, 2.45) is 0 Å². The fraction of sp³-hybridized carbons (Fsp3) is 0.227. The predicted molar refractivity (Wildman–Crippen MR) is 110 cm³/mol. The third-order valence-corrected chi connectivity index (χ3v) is 4.68. The summed E-state index contributed by atoms with van der Waals surface area (Å²) in [6.07, 6.45) is 3.27. The first-order chi connectivity index (χ1) is 13.4. The highest BCUT2D eigenvalue weighted by Crippen LogP contribution is 2.22. The van der Waals surface area contributed by atoms with E-state index in [1.807, 2.05) is 13.0 Å². The lowest BCUT2D eigenvalue weighted by Gasteiger charge is -2.15. The monoisotopic (exact) mass is 377 g/mol. The van der Waals surface area contributed by atoms with Crippen molar-refractivity contribution >= 4 is 29.1 Å². The fourth-order valence-electron chi connectivity index (χ4n) is 2.69. The first kappa shape index (κ1) is 19.4. The van der Waals surface area contributed by atoms with Gasteiger partial charge in [0.2, 0.25) is 5.91 Å². The molecule has 6 heteroatoms. The molecule has 1 fully saturated rings. The van der Waals surface area contributed by atoms with Crippen LogP contribution in [0.5, 0.6) is 0 Å². The molecule has 2 aromatic carbocycles. The molecule has 3 amide bonds. The number of aryl methyl sites for hydroxylation is 1. The highest BCUT2D eigenvalue weighted by atomic mass is 16.2. The number of nitrogens with one attached hydrogen (secondary N) is 2. The van der Waals surface area contributed by atoms with Crippen LogP contribution < -0.4 is 15.5 Å². The van der Waals surface area contributed by atoms with Crippen LogP contribution in [0.1, 0.15) is 39.1 Å². The van der Waals surface area contributed by atoms with Gasteiger partial charge in [-0.3, -0.25) is 14.4 Å². The van der Waals surface area contributed by atoms with E-state index in [2.05, 4.69) is 17.2 Å². The van der Waals surface area contributed by atoms with E-state index >= 15 is 0 Å². The quantitative estimate of drug-likeness (QED) is 0.758.